The number of oxazole rings is 1. The van der Waals surface area contributed by atoms with Gasteiger partial charge in [-0.2, -0.15) is 4.98 Å². The summed E-state index contributed by atoms with van der Waals surface area (Å²) in [7, 11) is 0. The van der Waals surface area contributed by atoms with E-state index in [2.05, 4.69) is 20.4 Å². The fraction of sp³-hybridized carbons (Fsp3) is 0.500. The van der Waals surface area contributed by atoms with Crippen LogP contribution in [0.1, 0.15) is 47.8 Å². The zero-order valence-electron chi connectivity index (χ0n) is 16.5. The molecular formula is C20H25N5O4. The molecule has 4 rings (SSSR count). The van der Waals surface area contributed by atoms with E-state index in [4.69, 9.17) is 8.94 Å². The molecule has 3 aromatic rings. The molecule has 0 unspecified atom stereocenters. The van der Waals surface area contributed by atoms with Crippen molar-refractivity contribution < 1.29 is 13.7 Å². The molecule has 1 aliphatic heterocycles. The normalized spacial score (nSPS) is 15.5. The van der Waals surface area contributed by atoms with Crippen molar-refractivity contribution in [2.24, 2.45) is 0 Å². The fourth-order valence-corrected chi connectivity index (χ4v) is 3.64. The minimum absolute atomic E-state index is 0.0693. The van der Waals surface area contributed by atoms with Crippen LogP contribution in [0, 0.1) is 6.92 Å². The lowest BCUT2D eigenvalue weighted by molar-refractivity contribution is 0.0904. The Labute approximate surface area is 167 Å². The summed E-state index contributed by atoms with van der Waals surface area (Å²) in [5, 5.41) is 6.66. The van der Waals surface area contributed by atoms with Crippen molar-refractivity contribution in [2.75, 3.05) is 26.2 Å². The lowest BCUT2D eigenvalue weighted by atomic mass is 10.2. The monoisotopic (exact) mass is 399 g/mol. The number of amides is 1. The average Bonchev–Trinajstić information content (AvgIpc) is 3.18. The maximum absolute atomic E-state index is 12.3. The Morgan fingerprint density at radius 1 is 1.21 bits per heavy atom. The highest BCUT2D eigenvalue weighted by molar-refractivity contribution is 5.89. The number of hydrogen-bond acceptors (Lipinski definition) is 7. The van der Waals surface area contributed by atoms with Crippen LogP contribution in [0.25, 0.3) is 11.1 Å². The van der Waals surface area contributed by atoms with Crippen LogP contribution in [0.5, 0.6) is 0 Å². The number of nitrogens with one attached hydrogen (secondary N) is 1. The molecule has 0 radical (unpaired) electrons. The second-order valence-electron chi connectivity index (χ2n) is 7.45. The first-order valence-corrected chi connectivity index (χ1v) is 10.0. The van der Waals surface area contributed by atoms with Crippen molar-refractivity contribution in [2.45, 2.75) is 39.2 Å². The number of aryl methyl sites for hydroxylation is 1. The molecule has 1 saturated heterocycles. The summed E-state index contributed by atoms with van der Waals surface area (Å²) in [6, 6.07) is 5.48. The second kappa shape index (κ2) is 8.60. The van der Waals surface area contributed by atoms with Gasteiger partial charge in [0.15, 0.2) is 11.4 Å². The minimum Gasteiger partial charge on any atom is -0.408 e. The van der Waals surface area contributed by atoms with E-state index in [9.17, 15) is 9.59 Å². The lowest BCUT2D eigenvalue weighted by Crippen LogP contribution is -2.35. The summed E-state index contributed by atoms with van der Waals surface area (Å²) in [5.74, 6) is -0.764. The van der Waals surface area contributed by atoms with Gasteiger partial charge in [-0.15, -0.1) is 0 Å². The molecule has 2 aromatic heterocycles. The van der Waals surface area contributed by atoms with Crippen LogP contribution < -0.4 is 11.1 Å². The standard InChI is InChI=1S/C20H25N5O4/c1-14-6-7-16-15(12-14)25(20(27)28-16)13-17-22-19(29-23-17)18(26)21-8-11-24-9-4-2-3-5-10-24/h6-7,12H,2-5,8-11,13H2,1H3,(H,21,26). The molecule has 29 heavy (non-hydrogen) atoms. The SMILES string of the molecule is Cc1ccc2oc(=O)n(Cc3noc(C(=O)NCCN4CCCCCC4)n3)c2c1. The van der Waals surface area contributed by atoms with E-state index in [-0.39, 0.29) is 18.3 Å². The third-order valence-electron chi connectivity index (χ3n) is 5.20. The van der Waals surface area contributed by atoms with Gasteiger partial charge in [-0.05, 0) is 50.6 Å². The summed E-state index contributed by atoms with van der Waals surface area (Å²) >= 11 is 0. The molecule has 0 saturated carbocycles. The van der Waals surface area contributed by atoms with E-state index in [1.807, 2.05) is 19.1 Å². The molecule has 1 aliphatic rings. The van der Waals surface area contributed by atoms with Crippen molar-refractivity contribution in [3.63, 3.8) is 0 Å². The Bertz CT molecular complexity index is 1040. The average molecular weight is 399 g/mol. The quantitative estimate of drug-likeness (QED) is 0.675. The molecule has 1 fully saturated rings. The highest BCUT2D eigenvalue weighted by Crippen LogP contribution is 2.15. The summed E-state index contributed by atoms with van der Waals surface area (Å²) in [6.07, 6.45) is 4.98. The largest absolute Gasteiger partial charge is 0.420 e. The van der Waals surface area contributed by atoms with E-state index in [0.29, 0.717) is 17.6 Å². The molecule has 9 nitrogen and oxygen atoms in total. The van der Waals surface area contributed by atoms with Crippen LogP contribution in [0.15, 0.2) is 31.9 Å². The number of aromatic nitrogens is 3. The summed E-state index contributed by atoms with van der Waals surface area (Å²) in [5.41, 5.74) is 2.16. The van der Waals surface area contributed by atoms with Gasteiger partial charge in [0, 0.05) is 13.1 Å². The molecule has 1 N–H and O–H groups in total. The van der Waals surface area contributed by atoms with Crippen molar-refractivity contribution in [1.82, 2.24) is 24.9 Å². The van der Waals surface area contributed by atoms with Gasteiger partial charge in [-0.25, -0.2) is 4.79 Å². The van der Waals surface area contributed by atoms with E-state index in [0.717, 1.165) is 25.2 Å². The van der Waals surface area contributed by atoms with Crippen LogP contribution in [-0.2, 0) is 6.54 Å². The predicted molar refractivity (Wildman–Crippen MR) is 106 cm³/mol. The first-order chi connectivity index (χ1) is 14.1. The topological polar surface area (TPSA) is 106 Å². The summed E-state index contributed by atoms with van der Waals surface area (Å²) < 4.78 is 11.7. The predicted octanol–water partition coefficient (Wildman–Crippen LogP) is 1.94. The Kier molecular flexibility index (Phi) is 5.75. The highest BCUT2D eigenvalue weighted by atomic mass is 16.5. The van der Waals surface area contributed by atoms with Crippen LogP contribution in [0.3, 0.4) is 0 Å². The van der Waals surface area contributed by atoms with Crippen LogP contribution in [-0.4, -0.2) is 51.7 Å². The smallest absolute Gasteiger partial charge is 0.408 e. The molecule has 154 valence electrons. The molecule has 0 spiro atoms. The number of rotatable bonds is 6. The summed E-state index contributed by atoms with van der Waals surface area (Å²) in [6.45, 7) is 5.49. The van der Waals surface area contributed by atoms with Gasteiger partial charge in [0.25, 0.3) is 0 Å². The Hall–Kier alpha value is -2.94. The van der Waals surface area contributed by atoms with Gasteiger partial charge in [0.2, 0.25) is 0 Å². The third-order valence-corrected chi connectivity index (χ3v) is 5.20. The molecule has 1 aromatic carbocycles. The van der Waals surface area contributed by atoms with E-state index in [1.165, 1.54) is 30.3 Å². The number of benzene rings is 1. The van der Waals surface area contributed by atoms with Crippen molar-refractivity contribution in [3.05, 3.63) is 46.0 Å². The van der Waals surface area contributed by atoms with Crippen LogP contribution >= 0.6 is 0 Å². The maximum atomic E-state index is 12.3. The third kappa shape index (κ3) is 4.56. The number of carbonyl (C=O) groups is 1. The Morgan fingerprint density at radius 3 is 2.79 bits per heavy atom. The Balaban J connectivity index is 1.37. The van der Waals surface area contributed by atoms with Gasteiger partial charge < -0.3 is 19.2 Å². The van der Waals surface area contributed by atoms with E-state index in [1.54, 1.807) is 6.07 Å². The van der Waals surface area contributed by atoms with Gasteiger partial charge in [-0.3, -0.25) is 9.36 Å². The number of fused-ring (bicyclic) bond motifs is 1. The molecule has 1 amide bonds. The van der Waals surface area contributed by atoms with Gasteiger partial charge >= 0.3 is 17.6 Å². The molecule has 9 heteroatoms. The van der Waals surface area contributed by atoms with Crippen molar-refractivity contribution in [3.8, 4) is 0 Å². The number of nitrogens with zero attached hydrogens (tertiary/aromatic N) is 4. The first kappa shape index (κ1) is 19.4. The van der Waals surface area contributed by atoms with Crippen molar-refractivity contribution >= 4 is 17.0 Å². The zero-order valence-corrected chi connectivity index (χ0v) is 16.5. The molecule has 0 aliphatic carbocycles. The minimum atomic E-state index is -0.501. The van der Waals surface area contributed by atoms with Crippen LogP contribution in [0.2, 0.25) is 0 Å². The molecule has 0 atom stereocenters. The lowest BCUT2D eigenvalue weighted by Gasteiger charge is -2.19. The number of likely N-dealkylation sites (tertiary alicyclic amines) is 1. The molecule has 0 bridgehead atoms. The van der Waals surface area contributed by atoms with Crippen LogP contribution in [0.4, 0.5) is 0 Å². The molecule has 3 heterocycles. The van der Waals surface area contributed by atoms with Gasteiger partial charge in [-0.1, -0.05) is 24.1 Å². The molecular weight excluding hydrogens is 374 g/mol. The second-order valence-corrected chi connectivity index (χ2v) is 7.45. The zero-order chi connectivity index (χ0) is 20.2. The first-order valence-electron chi connectivity index (χ1n) is 10.0. The van der Waals surface area contributed by atoms with E-state index < -0.39 is 11.7 Å². The highest BCUT2D eigenvalue weighted by Gasteiger charge is 2.18. The fourth-order valence-electron chi connectivity index (χ4n) is 3.64. The number of carbonyl (C=O) groups excluding carboxylic acids is 1. The Morgan fingerprint density at radius 2 is 2.00 bits per heavy atom. The summed E-state index contributed by atoms with van der Waals surface area (Å²) in [4.78, 5) is 30.9. The van der Waals surface area contributed by atoms with E-state index >= 15 is 0 Å². The maximum Gasteiger partial charge on any atom is 0.420 e. The van der Waals surface area contributed by atoms with Gasteiger partial charge in [0.1, 0.15) is 0 Å². The van der Waals surface area contributed by atoms with Crippen molar-refractivity contribution in [1.29, 1.82) is 0 Å². The van der Waals surface area contributed by atoms with Gasteiger partial charge in [0.05, 0.1) is 12.1 Å². The number of hydrogen-bond donors (Lipinski definition) is 1.